The summed E-state index contributed by atoms with van der Waals surface area (Å²) in [7, 11) is -2.89. The van der Waals surface area contributed by atoms with E-state index in [1.54, 1.807) is 0 Å². The minimum atomic E-state index is -2.89. The Morgan fingerprint density at radius 2 is 2.14 bits per heavy atom. The number of sulfone groups is 1. The Balaban J connectivity index is 1.76. The lowest BCUT2D eigenvalue weighted by molar-refractivity contribution is 0.313. The van der Waals surface area contributed by atoms with E-state index in [1.807, 2.05) is 12.1 Å². The molecule has 0 amide bonds. The average molecular weight is 374 g/mol. The molecule has 0 radical (unpaired) electrons. The first kappa shape index (κ1) is 15.3. The van der Waals surface area contributed by atoms with E-state index in [-0.39, 0.29) is 11.3 Å². The van der Waals surface area contributed by atoms with Gasteiger partial charge in [-0.1, -0.05) is 12.1 Å². The second-order valence-corrected chi connectivity index (χ2v) is 9.00. The molecule has 1 aromatic rings. The number of hydrogen-bond acceptors (Lipinski definition) is 4. The van der Waals surface area contributed by atoms with Crippen molar-refractivity contribution < 1.29 is 13.2 Å². The molecule has 6 heteroatoms. The van der Waals surface area contributed by atoms with Gasteiger partial charge in [-0.25, -0.2) is 8.42 Å². The van der Waals surface area contributed by atoms with Crippen molar-refractivity contribution in [2.45, 2.75) is 37.0 Å². The van der Waals surface area contributed by atoms with E-state index < -0.39 is 9.84 Å². The quantitative estimate of drug-likeness (QED) is 0.884. The van der Waals surface area contributed by atoms with E-state index >= 15 is 0 Å². The zero-order valence-electron chi connectivity index (χ0n) is 11.8. The predicted octanol–water partition coefficient (Wildman–Crippen LogP) is 2.83. The van der Waals surface area contributed by atoms with E-state index in [4.69, 9.17) is 4.74 Å². The molecule has 1 N–H and O–H groups in total. The smallest absolute Gasteiger partial charge is 0.154 e. The highest BCUT2D eigenvalue weighted by Gasteiger charge is 2.32. The third-order valence-corrected chi connectivity index (χ3v) is 7.21. The highest BCUT2D eigenvalue weighted by atomic mass is 79.9. The van der Waals surface area contributed by atoms with E-state index in [1.165, 1.54) is 0 Å². The summed E-state index contributed by atoms with van der Waals surface area (Å²) in [5, 5.41) is 3.24. The number of hydrogen-bond donors (Lipinski definition) is 1. The SMILES string of the molecule is O=S1(=O)CCCC1CNC1CCCOc2c(Br)cccc21. The van der Waals surface area contributed by atoms with Crippen molar-refractivity contribution in [3.05, 3.63) is 28.2 Å². The molecule has 1 aromatic carbocycles. The van der Waals surface area contributed by atoms with Crippen molar-refractivity contribution in [3.8, 4) is 5.75 Å². The first-order chi connectivity index (χ1) is 10.1. The normalized spacial score (nSPS) is 27.7. The van der Waals surface area contributed by atoms with Crippen LogP contribution in [0.3, 0.4) is 0 Å². The van der Waals surface area contributed by atoms with Crippen molar-refractivity contribution in [2.75, 3.05) is 18.9 Å². The van der Waals surface area contributed by atoms with Gasteiger partial charge in [-0.2, -0.15) is 0 Å². The lowest BCUT2D eigenvalue weighted by Gasteiger charge is -2.21. The van der Waals surface area contributed by atoms with Crippen LogP contribution in [0.1, 0.15) is 37.3 Å². The first-order valence-corrected chi connectivity index (χ1v) is 9.95. The molecule has 1 fully saturated rings. The Morgan fingerprint density at radius 3 is 2.90 bits per heavy atom. The molecule has 116 valence electrons. The van der Waals surface area contributed by atoms with Crippen LogP contribution in [0.5, 0.6) is 5.75 Å². The summed E-state index contributed by atoms with van der Waals surface area (Å²) in [5.41, 5.74) is 1.12. The Hall–Kier alpha value is -0.590. The topological polar surface area (TPSA) is 55.4 Å². The van der Waals surface area contributed by atoms with Crippen molar-refractivity contribution in [3.63, 3.8) is 0 Å². The fourth-order valence-electron chi connectivity index (χ4n) is 3.14. The Kier molecular flexibility index (Phi) is 4.57. The maximum absolute atomic E-state index is 11.9. The molecule has 2 unspecified atom stereocenters. The molecule has 2 heterocycles. The summed E-state index contributed by atoms with van der Waals surface area (Å²) < 4.78 is 30.6. The second-order valence-electron chi connectivity index (χ2n) is 5.74. The second kappa shape index (κ2) is 6.26. The number of nitrogens with one attached hydrogen (secondary N) is 1. The lowest BCUT2D eigenvalue weighted by atomic mass is 10.0. The van der Waals surface area contributed by atoms with Crippen LogP contribution in [0.15, 0.2) is 22.7 Å². The fourth-order valence-corrected chi connectivity index (χ4v) is 5.42. The summed E-state index contributed by atoms with van der Waals surface area (Å²) >= 11 is 3.53. The van der Waals surface area contributed by atoms with Crippen molar-refractivity contribution >= 4 is 25.8 Å². The molecule has 2 aliphatic rings. The molecule has 1 saturated heterocycles. The van der Waals surface area contributed by atoms with Gasteiger partial charge in [0.2, 0.25) is 0 Å². The van der Waals surface area contributed by atoms with Gasteiger partial charge in [-0.15, -0.1) is 0 Å². The zero-order valence-corrected chi connectivity index (χ0v) is 14.2. The third-order valence-electron chi connectivity index (χ3n) is 4.31. The molecule has 2 aliphatic heterocycles. The molecule has 0 aliphatic carbocycles. The number of halogens is 1. The fraction of sp³-hybridized carbons (Fsp3) is 0.600. The van der Waals surface area contributed by atoms with Gasteiger partial charge >= 0.3 is 0 Å². The van der Waals surface area contributed by atoms with E-state index in [0.717, 1.165) is 41.5 Å². The van der Waals surface area contributed by atoms with Crippen LogP contribution in [0.25, 0.3) is 0 Å². The number of ether oxygens (including phenoxy) is 1. The van der Waals surface area contributed by atoms with Gasteiger partial charge in [-0.05, 0) is 47.7 Å². The van der Waals surface area contributed by atoms with Crippen molar-refractivity contribution in [1.29, 1.82) is 0 Å². The van der Waals surface area contributed by atoms with Crippen LogP contribution < -0.4 is 10.1 Å². The first-order valence-electron chi connectivity index (χ1n) is 7.44. The maximum Gasteiger partial charge on any atom is 0.154 e. The minimum absolute atomic E-state index is 0.163. The molecule has 4 nitrogen and oxygen atoms in total. The van der Waals surface area contributed by atoms with Crippen molar-refractivity contribution in [1.82, 2.24) is 5.32 Å². The monoisotopic (exact) mass is 373 g/mol. The van der Waals surface area contributed by atoms with Crippen LogP contribution in [0.2, 0.25) is 0 Å². The summed E-state index contributed by atoms with van der Waals surface area (Å²) in [6.45, 7) is 1.24. The number of para-hydroxylation sites is 1. The van der Waals surface area contributed by atoms with Gasteiger partial charge in [0.25, 0.3) is 0 Å². The van der Waals surface area contributed by atoms with Gasteiger partial charge in [0.1, 0.15) is 5.75 Å². The Bertz CT molecular complexity index is 617. The summed E-state index contributed by atoms with van der Waals surface area (Å²) in [4.78, 5) is 0. The molecule has 0 aromatic heterocycles. The standard InChI is InChI=1S/C15H20BrNO3S/c16-13-6-1-5-12-14(7-2-8-20-15(12)13)17-10-11-4-3-9-21(11,18)19/h1,5-6,11,14,17H,2-4,7-10H2. The molecule has 21 heavy (non-hydrogen) atoms. The minimum Gasteiger partial charge on any atom is -0.492 e. The van der Waals surface area contributed by atoms with Crippen LogP contribution in [-0.4, -0.2) is 32.6 Å². The van der Waals surface area contributed by atoms with Crippen LogP contribution >= 0.6 is 15.9 Å². The van der Waals surface area contributed by atoms with Gasteiger partial charge in [-0.3, -0.25) is 0 Å². The summed E-state index contributed by atoms with van der Waals surface area (Å²) in [6, 6.07) is 6.20. The molecule has 0 bridgehead atoms. The van der Waals surface area contributed by atoms with Crippen molar-refractivity contribution in [2.24, 2.45) is 0 Å². The largest absolute Gasteiger partial charge is 0.492 e. The van der Waals surface area contributed by atoms with Gasteiger partial charge < -0.3 is 10.1 Å². The van der Waals surface area contributed by atoms with E-state index in [2.05, 4.69) is 27.3 Å². The Morgan fingerprint density at radius 1 is 1.29 bits per heavy atom. The summed E-state index contributed by atoms with van der Waals surface area (Å²) in [5.74, 6) is 1.23. The number of fused-ring (bicyclic) bond motifs is 1. The molecule has 0 spiro atoms. The third kappa shape index (κ3) is 3.27. The molecule has 3 rings (SSSR count). The van der Waals surface area contributed by atoms with Crippen LogP contribution in [0, 0.1) is 0 Å². The van der Waals surface area contributed by atoms with Crippen LogP contribution in [0.4, 0.5) is 0 Å². The van der Waals surface area contributed by atoms with Gasteiger partial charge in [0.05, 0.1) is 22.1 Å². The average Bonchev–Trinajstić information content (AvgIpc) is 2.67. The zero-order chi connectivity index (χ0) is 14.9. The van der Waals surface area contributed by atoms with Crippen LogP contribution in [-0.2, 0) is 9.84 Å². The molecular weight excluding hydrogens is 354 g/mol. The maximum atomic E-state index is 11.9. The van der Waals surface area contributed by atoms with E-state index in [0.29, 0.717) is 18.9 Å². The Labute approximate surface area is 134 Å². The van der Waals surface area contributed by atoms with Gasteiger partial charge in [0, 0.05) is 18.2 Å². The lowest BCUT2D eigenvalue weighted by Crippen LogP contribution is -2.33. The molecular formula is C15H20BrNO3S. The predicted molar refractivity (Wildman–Crippen MR) is 86.4 cm³/mol. The number of benzene rings is 1. The molecule has 0 saturated carbocycles. The molecule has 2 atom stereocenters. The number of rotatable bonds is 3. The van der Waals surface area contributed by atoms with Gasteiger partial charge in [0.15, 0.2) is 9.84 Å². The van der Waals surface area contributed by atoms with E-state index in [9.17, 15) is 8.42 Å². The highest BCUT2D eigenvalue weighted by Crippen LogP contribution is 2.37. The summed E-state index contributed by atoms with van der Waals surface area (Å²) in [6.07, 6.45) is 3.51. The highest BCUT2D eigenvalue weighted by molar-refractivity contribution is 9.10.